The second kappa shape index (κ2) is 4.61. The number of fused-ring (bicyclic) bond motifs is 1. The second-order valence-corrected chi connectivity index (χ2v) is 4.34. The van der Waals surface area contributed by atoms with Crippen LogP contribution in [0.4, 0.5) is 0 Å². The lowest BCUT2D eigenvalue weighted by Gasteiger charge is -2.13. The number of carbonyl (C=O) groups is 1. The molecule has 0 aromatic carbocycles. The third-order valence-corrected chi connectivity index (χ3v) is 2.91. The Bertz CT molecular complexity index is 667. The van der Waals surface area contributed by atoms with Crippen molar-refractivity contribution in [3.63, 3.8) is 0 Å². The fraction of sp³-hybridized carbons (Fsp3) is 0.143. The summed E-state index contributed by atoms with van der Waals surface area (Å²) in [6.07, 6.45) is 3.41. The number of carbonyl (C=O) groups excluding carboxylic acids is 1. The van der Waals surface area contributed by atoms with Gasteiger partial charge in [-0.2, -0.15) is 5.10 Å². The Kier molecular flexibility index (Phi) is 2.79. The average Bonchev–Trinajstić information content (AvgIpc) is 3.05. The lowest BCUT2D eigenvalue weighted by Crippen LogP contribution is -2.26. The van der Waals surface area contributed by atoms with Crippen LogP contribution >= 0.6 is 0 Å². The highest BCUT2D eigenvalue weighted by molar-refractivity contribution is 5.93. The van der Waals surface area contributed by atoms with Gasteiger partial charge in [0.25, 0.3) is 5.91 Å². The number of nitrogens with zero attached hydrogens (tertiary/aromatic N) is 3. The number of amides is 1. The fourth-order valence-corrected chi connectivity index (χ4v) is 1.95. The topological polar surface area (TPSA) is 50.8 Å². The van der Waals surface area contributed by atoms with Gasteiger partial charge in [0.15, 0.2) is 5.69 Å². The van der Waals surface area contributed by atoms with Gasteiger partial charge in [-0.25, -0.2) is 4.52 Å². The summed E-state index contributed by atoms with van der Waals surface area (Å²) < 4.78 is 6.92. The van der Waals surface area contributed by atoms with Crippen molar-refractivity contribution in [1.82, 2.24) is 14.5 Å². The Hall–Kier alpha value is -2.56. The molecule has 0 saturated heterocycles. The van der Waals surface area contributed by atoms with E-state index in [2.05, 4.69) is 5.10 Å². The van der Waals surface area contributed by atoms with Crippen molar-refractivity contribution in [1.29, 1.82) is 0 Å². The molecule has 3 aromatic heterocycles. The lowest BCUT2D eigenvalue weighted by atomic mass is 10.3. The Labute approximate surface area is 110 Å². The molecule has 0 aliphatic heterocycles. The van der Waals surface area contributed by atoms with Crippen LogP contribution in [-0.4, -0.2) is 27.5 Å². The van der Waals surface area contributed by atoms with Gasteiger partial charge in [0.2, 0.25) is 0 Å². The normalized spacial score (nSPS) is 10.8. The van der Waals surface area contributed by atoms with Crippen molar-refractivity contribution in [2.24, 2.45) is 0 Å². The summed E-state index contributed by atoms with van der Waals surface area (Å²) in [6.45, 7) is 0.430. The van der Waals surface area contributed by atoms with E-state index in [4.69, 9.17) is 4.42 Å². The lowest BCUT2D eigenvalue weighted by molar-refractivity contribution is 0.0769. The van der Waals surface area contributed by atoms with Crippen LogP contribution in [0.5, 0.6) is 0 Å². The number of rotatable bonds is 3. The van der Waals surface area contributed by atoms with Gasteiger partial charge >= 0.3 is 0 Å². The standard InChI is InChI=1S/C14H13N3O2/c1-16(10-12-6-4-8-19-12)14(18)13-9-11-5-2-3-7-17(11)15-13/h2-9H,10H2,1H3. The predicted octanol–water partition coefficient (Wildman–Crippen LogP) is 2.20. The number of furan rings is 1. The molecule has 3 rings (SSSR count). The van der Waals surface area contributed by atoms with Gasteiger partial charge in [-0.3, -0.25) is 4.79 Å². The van der Waals surface area contributed by atoms with Gasteiger partial charge < -0.3 is 9.32 Å². The first-order valence-electron chi connectivity index (χ1n) is 5.96. The van der Waals surface area contributed by atoms with Gasteiger partial charge in [-0.05, 0) is 30.3 Å². The first-order chi connectivity index (χ1) is 9.24. The molecule has 0 aliphatic rings. The number of hydrogen-bond donors (Lipinski definition) is 0. The average molecular weight is 255 g/mol. The van der Waals surface area contributed by atoms with E-state index < -0.39 is 0 Å². The summed E-state index contributed by atoms with van der Waals surface area (Å²) in [5, 5.41) is 4.26. The maximum atomic E-state index is 12.2. The molecule has 0 atom stereocenters. The Balaban J connectivity index is 1.82. The molecule has 0 unspecified atom stereocenters. The minimum atomic E-state index is -0.125. The zero-order valence-electron chi connectivity index (χ0n) is 10.5. The van der Waals surface area contributed by atoms with Gasteiger partial charge in [-0.15, -0.1) is 0 Å². The van der Waals surface area contributed by atoms with Crippen molar-refractivity contribution in [2.75, 3.05) is 7.05 Å². The third-order valence-electron chi connectivity index (χ3n) is 2.91. The Morgan fingerprint density at radius 1 is 1.37 bits per heavy atom. The Morgan fingerprint density at radius 2 is 2.26 bits per heavy atom. The number of aromatic nitrogens is 2. The van der Waals surface area contributed by atoms with Crippen molar-refractivity contribution in [3.05, 3.63) is 60.3 Å². The van der Waals surface area contributed by atoms with Crippen molar-refractivity contribution in [2.45, 2.75) is 6.54 Å². The molecule has 3 aromatic rings. The summed E-state index contributed by atoms with van der Waals surface area (Å²) in [5.74, 6) is 0.625. The van der Waals surface area contributed by atoms with Crippen LogP contribution in [0.1, 0.15) is 16.2 Å². The quantitative estimate of drug-likeness (QED) is 0.721. The summed E-state index contributed by atoms with van der Waals surface area (Å²) in [4.78, 5) is 13.8. The molecule has 0 radical (unpaired) electrons. The fourth-order valence-electron chi connectivity index (χ4n) is 1.95. The van der Waals surface area contributed by atoms with Crippen molar-refractivity contribution in [3.8, 4) is 0 Å². The van der Waals surface area contributed by atoms with Crippen LogP contribution < -0.4 is 0 Å². The van der Waals surface area contributed by atoms with E-state index in [-0.39, 0.29) is 5.91 Å². The van der Waals surface area contributed by atoms with E-state index in [0.717, 1.165) is 11.3 Å². The maximum absolute atomic E-state index is 12.2. The van der Waals surface area contributed by atoms with E-state index in [1.807, 2.05) is 30.5 Å². The molecule has 5 heteroatoms. The van der Waals surface area contributed by atoms with Crippen LogP contribution in [0, 0.1) is 0 Å². The smallest absolute Gasteiger partial charge is 0.274 e. The highest BCUT2D eigenvalue weighted by Crippen LogP contribution is 2.10. The molecule has 0 N–H and O–H groups in total. The van der Waals surface area contributed by atoms with Gasteiger partial charge in [0.1, 0.15) is 5.76 Å². The summed E-state index contributed by atoms with van der Waals surface area (Å²) in [6, 6.07) is 11.1. The molecule has 0 bridgehead atoms. The van der Waals surface area contributed by atoms with E-state index in [1.165, 1.54) is 0 Å². The van der Waals surface area contributed by atoms with E-state index in [9.17, 15) is 4.79 Å². The maximum Gasteiger partial charge on any atom is 0.274 e. The minimum Gasteiger partial charge on any atom is -0.467 e. The summed E-state index contributed by atoms with van der Waals surface area (Å²) >= 11 is 0. The highest BCUT2D eigenvalue weighted by atomic mass is 16.3. The molecule has 3 heterocycles. The minimum absolute atomic E-state index is 0.125. The highest BCUT2D eigenvalue weighted by Gasteiger charge is 2.16. The monoisotopic (exact) mass is 255 g/mol. The summed E-state index contributed by atoms with van der Waals surface area (Å²) in [5.41, 5.74) is 1.33. The number of pyridine rings is 1. The van der Waals surface area contributed by atoms with Crippen molar-refractivity contribution >= 4 is 11.4 Å². The third kappa shape index (κ3) is 2.22. The van der Waals surface area contributed by atoms with E-state index in [1.54, 1.807) is 34.9 Å². The molecule has 0 spiro atoms. The van der Waals surface area contributed by atoms with E-state index in [0.29, 0.717) is 12.2 Å². The van der Waals surface area contributed by atoms with Crippen LogP contribution in [0.3, 0.4) is 0 Å². The van der Waals surface area contributed by atoms with Crippen LogP contribution in [0.2, 0.25) is 0 Å². The molecular weight excluding hydrogens is 242 g/mol. The van der Waals surface area contributed by atoms with Gasteiger partial charge in [0, 0.05) is 13.2 Å². The molecule has 0 saturated carbocycles. The molecular formula is C14H13N3O2. The Morgan fingerprint density at radius 3 is 3.00 bits per heavy atom. The van der Waals surface area contributed by atoms with E-state index >= 15 is 0 Å². The number of hydrogen-bond acceptors (Lipinski definition) is 3. The van der Waals surface area contributed by atoms with Crippen LogP contribution in [0.15, 0.2) is 53.3 Å². The molecule has 1 amide bonds. The van der Waals surface area contributed by atoms with Gasteiger partial charge in [-0.1, -0.05) is 6.07 Å². The first-order valence-corrected chi connectivity index (χ1v) is 5.96. The molecule has 19 heavy (non-hydrogen) atoms. The predicted molar refractivity (Wildman–Crippen MR) is 69.7 cm³/mol. The SMILES string of the molecule is CN(Cc1ccco1)C(=O)c1cc2ccccn2n1. The van der Waals surface area contributed by atoms with Crippen molar-refractivity contribution < 1.29 is 9.21 Å². The zero-order valence-corrected chi connectivity index (χ0v) is 10.5. The van der Waals surface area contributed by atoms with Crippen LogP contribution in [-0.2, 0) is 6.54 Å². The first kappa shape index (κ1) is 11.5. The molecule has 5 nitrogen and oxygen atoms in total. The van der Waals surface area contributed by atoms with Crippen LogP contribution in [0.25, 0.3) is 5.52 Å². The van der Waals surface area contributed by atoms with Gasteiger partial charge in [0.05, 0.1) is 18.3 Å². The zero-order chi connectivity index (χ0) is 13.2. The molecule has 0 aliphatic carbocycles. The largest absolute Gasteiger partial charge is 0.467 e. The second-order valence-electron chi connectivity index (χ2n) is 4.34. The summed E-state index contributed by atoms with van der Waals surface area (Å²) in [7, 11) is 1.73. The molecule has 96 valence electrons. The molecule has 0 fully saturated rings.